The van der Waals surface area contributed by atoms with Crippen LogP contribution in [0.5, 0.6) is 0 Å². The van der Waals surface area contributed by atoms with Gasteiger partial charge >= 0.3 is 0 Å². The molecule has 1 aromatic rings. The lowest BCUT2D eigenvalue weighted by atomic mass is 10.2. The second kappa shape index (κ2) is 6.04. The summed E-state index contributed by atoms with van der Waals surface area (Å²) in [5, 5.41) is 18.6. The first-order valence-electron chi connectivity index (χ1n) is 4.07. The van der Waals surface area contributed by atoms with Crippen LogP contribution in [-0.2, 0) is 11.5 Å². The number of hydrogen-bond acceptors (Lipinski definition) is 5. The third-order valence-electron chi connectivity index (χ3n) is 1.60. The molecule has 0 saturated heterocycles. The molecular weight excluding hydrogens is 248 g/mol. The largest absolute Gasteiger partial charge is 0.379 e. The number of nitrogens with two attached hydrogens (primary N) is 2. The highest BCUT2D eigenvalue weighted by Gasteiger charge is 2.05. The van der Waals surface area contributed by atoms with Crippen molar-refractivity contribution in [1.29, 1.82) is 10.8 Å². The maximum atomic E-state index is 7.12. The lowest BCUT2D eigenvalue weighted by molar-refractivity contribution is 1.34. The summed E-state index contributed by atoms with van der Waals surface area (Å²) in [6.45, 7) is 0. The molecule has 0 aliphatic rings. The summed E-state index contributed by atoms with van der Waals surface area (Å²) in [6, 6.07) is 0. The highest BCUT2D eigenvalue weighted by molar-refractivity contribution is 8.13. The van der Waals surface area contributed by atoms with Crippen molar-refractivity contribution in [3.8, 4) is 0 Å². The van der Waals surface area contributed by atoms with Crippen LogP contribution < -0.4 is 11.5 Å². The molecule has 1 aromatic heterocycles. The molecule has 15 heavy (non-hydrogen) atoms. The van der Waals surface area contributed by atoms with Crippen LogP contribution in [0.3, 0.4) is 0 Å². The SMILES string of the molecule is N=C(N)SCc1cscc1CSC(=N)N. The van der Waals surface area contributed by atoms with Crippen LogP contribution >= 0.6 is 34.9 Å². The molecule has 0 unspecified atom stereocenters. The van der Waals surface area contributed by atoms with Crippen LogP contribution in [0.4, 0.5) is 0 Å². The van der Waals surface area contributed by atoms with E-state index >= 15 is 0 Å². The van der Waals surface area contributed by atoms with Crippen LogP contribution in [0, 0.1) is 10.8 Å². The van der Waals surface area contributed by atoms with Crippen LogP contribution in [0.15, 0.2) is 10.8 Å². The molecule has 0 aromatic carbocycles. The first-order chi connectivity index (χ1) is 7.09. The summed E-state index contributed by atoms with van der Waals surface area (Å²) >= 11 is 4.24. The quantitative estimate of drug-likeness (QED) is 0.491. The number of thiophene rings is 1. The van der Waals surface area contributed by atoms with Crippen molar-refractivity contribution in [2.24, 2.45) is 11.5 Å². The predicted octanol–water partition coefficient (Wildman–Crippen LogP) is 2.00. The Morgan fingerprint density at radius 1 is 1.07 bits per heavy atom. The van der Waals surface area contributed by atoms with E-state index in [4.69, 9.17) is 22.3 Å². The predicted molar refractivity (Wildman–Crippen MR) is 70.7 cm³/mol. The molecule has 0 spiro atoms. The number of thioether (sulfide) groups is 2. The molecule has 7 heteroatoms. The molecule has 1 heterocycles. The molecule has 0 saturated carbocycles. The molecular formula is C8H12N4S3. The van der Waals surface area contributed by atoms with Crippen LogP contribution in [-0.4, -0.2) is 10.3 Å². The normalized spacial score (nSPS) is 10.1. The van der Waals surface area contributed by atoms with Crippen molar-refractivity contribution >= 4 is 45.2 Å². The van der Waals surface area contributed by atoms with Crippen molar-refractivity contribution < 1.29 is 0 Å². The summed E-state index contributed by atoms with van der Waals surface area (Å²) < 4.78 is 0. The van der Waals surface area contributed by atoms with Gasteiger partial charge in [0, 0.05) is 11.5 Å². The van der Waals surface area contributed by atoms with E-state index in [9.17, 15) is 0 Å². The Bertz CT molecular complexity index is 328. The average molecular weight is 260 g/mol. The summed E-state index contributed by atoms with van der Waals surface area (Å²) in [5.74, 6) is 1.43. The van der Waals surface area contributed by atoms with Crippen molar-refractivity contribution in [2.75, 3.05) is 0 Å². The average Bonchev–Trinajstić information content (AvgIpc) is 2.58. The highest BCUT2D eigenvalue weighted by atomic mass is 32.2. The fraction of sp³-hybridized carbons (Fsp3) is 0.250. The van der Waals surface area contributed by atoms with Gasteiger partial charge in [-0.2, -0.15) is 11.3 Å². The summed E-state index contributed by atoms with van der Waals surface area (Å²) in [4.78, 5) is 0. The van der Waals surface area contributed by atoms with Gasteiger partial charge in [0.2, 0.25) is 0 Å². The first kappa shape index (κ1) is 12.4. The summed E-state index contributed by atoms with van der Waals surface area (Å²) in [5.41, 5.74) is 12.9. The molecule has 0 aliphatic carbocycles. The lowest BCUT2D eigenvalue weighted by Gasteiger charge is -2.02. The molecule has 0 amide bonds. The molecule has 4 nitrogen and oxygen atoms in total. The number of amidine groups is 2. The molecule has 0 atom stereocenters. The fourth-order valence-electron chi connectivity index (χ4n) is 0.914. The van der Waals surface area contributed by atoms with Gasteiger partial charge in [-0.15, -0.1) is 0 Å². The summed E-state index contributed by atoms with van der Waals surface area (Å²) in [6.07, 6.45) is 0. The van der Waals surface area contributed by atoms with Crippen LogP contribution in [0.1, 0.15) is 11.1 Å². The van der Waals surface area contributed by atoms with Gasteiger partial charge in [-0.05, 0) is 21.9 Å². The van der Waals surface area contributed by atoms with Gasteiger partial charge in [0.15, 0.2) is 10.3 Å². The van der Waals surface area contributed by atoms with E-state index in [0.29, 0.717) is 11.5 Å². The molecule has 82 valence electrons. The Balaban J connectivity index is 2.53. The zero-order valence-corrected chi connectivity index (χ0v) is 10.4. The van der Waals surface area contributed by atoms with Gasteiger partial charge in [-0.1, -0.05) is 23.5 Å². The Kier molecular flexibility index (Phi) is 5.00. The van der Waals surface area contributed by atoms with Crippen molar-refractivity contribution in [3.63, 3.8) is 0 Å². The van der Waals surface area contributed by atoms with Gasteiger partial charge in [0.25, 0.3) is 0 Å². The van der Waals surface area contributed by atoms with Gasteiger partial charge in [0.05, 0.1) is 0 Å². The van der Waals surface area contributed by atoms with Crippen molar-refractivity contribution in [1.82, 2.24) is 0 Å². The van der Waals surface area contributed by atoms with E-state index in [2.05, 4.69) is 0 Å². The highest BCUT2D eigenvalue weighted by Crippen LogP contribution is 2.24. The van der Waals surface area contributed by atoms with Gasteiger partial charge in [-0.3, -0.25) is 10.8 Å². The van der Waals surface area contributed by atoms with Crippen LogP contribution in [0.2, 0.25) is 0 Å². The maximum Gasteiger partial charge on any atom is 0.151 e. The number of rotatable bonds is 4. The minimum absolute atomic E-state index is 0.131. The van der Waals surface area contributed by atoms with Gasteiger partial charge in [0.1, 0.15) is 0 Å². The lowest BCUT2D eigenvalue weighted by Crippen LogP contribution is -2.05. The molecule has 6 N–H and O–H groups in total. The molecule has 1 rings (SSSR count). The zero-order valence-electron chi connectivity index (χ0n) is 7.95. The first-order valence-corrected chi connectivity index (χ1v) is 6.98. The van der Waals surface area contributed by atoms with Crippen molar-refractivity contribution in [2.45, 2.75) is 11.5 Å². The van der Waals surface area contributed by atoms with Gasteiger partial charge < -0.3 is 11.5 Å². The van der Waals surface area contributed by atoms with Crippen LogP contribution in [0.25, 0.3) is 0 Å². The third-order valence-corrected chi connectivity index (χ3v) is 3.97. The minimum Gasteiger partial charge on any atom is -0.379 e. The van der Waals surface area contributed by atoms with Gasteiger partial charge in [-0.25, -0.2) is 0 Å². The second-order valence-electron chi connectivity index (χ2n) is 2.73. The van der Waals surface area contributed by atoms with Crippen molar-refractivity contribution in [3.05, 3.63) is 21.9 Å². The smallest absolute Gasteiger partial charge is 0.151 e. The third kappa shape index (κ3) is 4.59. The fourth-order valence-corrected chi connectivity index (χ4v) is 3.15. The zero-order chi connectivity index (χ0) is 11.3. The Morgan fingerprint density at radius 3 is 1.80 bits per heavy atom. The Morgan fingerprint density at radius 2 is 1.47 bits per heavy atom. The second-order valence-corrected chi connectivity index (χ2v) is 5.51. The van der Waals surface area contributed by atoms with E-state index in [-0.39, 0.29) is 10.3 Å². The van der Waals surface area contributed by atoms with E-state index < -0.39 is 0 Å². The number of hydrogen-bond donors (Lipinski definition) is 4. The maximum absolute atomic E-state index is 7.12. The molecule has 0 aliphatic heterocycles. The van der Waals surface area contributed by atoms with E-state index in [1.54, 1.807) is 11.3 Å². The standard InChI is InChI=1S/C8H12N4S3/c9-7(10)14-3-5-1-13-2-6(5)4-15-8(11)12/h1-2H,3-4H2,(H3,9,10)(H3,11,12). The number of nitrogens with one attached hydrogen (secondary N) is 2. The Hall–Kier alpha value is -0.660. The van der Waals surface area contributed by atoms with E-state index in [1.165, 1.54) is 34.7 Å². The van der Waals surface area contributed by atoms with E-state index in [1.807, 2.05) is 10.8 Å². The molecule has 0 radical (unpaired) electrons. The molecule has 0 fully saturated rings. The topological polar surface area (TPSA) is 99.7 Å². The monoisotopic (exact) mass is 260 g/mol. The minimum atomic E-state index is 0.131. The summed E-state index contributed by atoms with van der Waals surface area (Å²) in [7, 11) is 0. The van der Waals surface area contributed by atoms with E-state index in [0.717, 1.165) is 0 Å². The Labute approximate surface area is 101 Å². The molecule has 0 bridgehead atoms.